The molecule has 2 atom stereocenters. The van der Waals surface area contributed by atoms with Crippen LogP contribution in [0, 0.1) is 5.92 Å². The van der Waals surface area contributed by atoms with Gasteiger partial charge in [0, 0.05) is 31.9 Å². The summed E-state index contributed by atoms with van der Waals surface area (Å²) in [5, 5.41) is 2.72. The maximum Gasteiger partial charge on any atom is 0.416 e. The number of rotatable bonds is 7. The van der Waals surface area contributed by atoms with Crippen LogP contribution in [0.25, 0.3) is 0 Å². The molecule has 4 rings (SSSR count). The van der Waals surface area contributed by atoms with Gasteiger partial charge in [0.1, 0.15) is 6.04 Å². The molecule has 40 heavy (non-hydrogen) atoms. The maximum absolute atomic E-state index is 13.3. The number of esters is 1. The van der Waals surface area contributed by atoms with Crippen molar-refractivity contribution in [3.8, 4) is 17.2 Å². The quantitative estimate of drug-likeness (QED) is 0.404. The average Bonchev–Trinajstić information content (AvgIpc) is 2.95. The number of carbonyl (C=O) groups excluding carboxylic acids is 2. The molecule has 0 unspecified atom stereocenters. The highest BCUT2D eigenvalue weighted by Crippen LogP contribution is 2.42. The maximum atomic E-state index is 13.3. The van der Waals surface area contributed by atoms with Crippen molar-refractivity contribution in [3.05, 3.63) is 47.5 Å². The summed E-state index contributed by atoms with van der Waals surface area (Å²) in [6, 6.07) is 7.48. The average molecular weight is 565 g/mol. The van der Waals surface area contributed by atoms with E-state index in [1.165, 1.54) is 27.4 Å². The fourth-order valence-corrected chi connectivity index (χ4v) is 4.79. The monoisotopic (exact) mass is 564 g/mol. The number of piperazine rings is 1. The summed E-state index contributed by atoms with van der Waals surface area (Å²) >= 11 is 0. The fourth-order valence-electron chi connectivity index (χ4n) is 4.79. The number of halogens is 3. The van der Waals surface area contributed by atoms with E-state index in [0.717, 1.165) is 12.1 Å². The number of carbonyl (C=O) groups is 2. The third kappa shape index (κ3) is 5.87. The lowest BCUT2D eigenvalue weighted by atomic mass is 9.90. The minimum Gasteiger partial charge on any atom is -0.493 e. The number of amides is 1. The SMILES string of the molecule is CCOC(=O)[C@H]1C(=O)NC(N2CCN(c3cccc(C(F)(F)F)c3)CC2)=N[C@@H]1c1cc(OC)c(OC)c(OC)c1. The molecule has 13 heteroatoms. The lowest BCUT2D eigenvalue weighted by Crippen LogP contribution is -2.57. The van der Waals surface area contributed by atoms with Crippen LogP contribution in [0.4, 0.5) is 18.9 Å². The largest absolute Gasteiger partial charge is 0.493 e. The van der Waals surface area contributed by atoms with Gasteiger partial charge in [-0.3, -0.25) is 14.9 Å². The van der Waals surface area contributed by atoms with E-state index < -0.39 is 35.6 Å². The number of alkyl halides is 3. The zero-order valence-corrected chi connectivity index (χ0v) is 22.6. The molecule has 10 nitrogen and oxygen atoms in total. The molecular weight excluding hydrogens is 533 g/mol. The molecule has 2 aliphatic rings. The molecule has 0 aliphatic carbocycles. The van der Waals surface area contributed by atoms with Gasteiger partial charge in [0.15, 0.2) is 17.4 Å². The number of benzene rings is 2. The van der Waals surface area contributed by atoms with E-state index in [0.29, 0.717) is 54.7 Å². The molecule has 0 aromatic heterocycles. The predicted molar refractivity (Wildman–Crippen MR) is 140 cm³/mol. The Hall–Kier alpha value is -4.16. The van der Waals surface area contributed by atoms with E-state index in [2.05, 4.69) is 5.32 Å². The van der Waals surface area contributed by atoms with Crippen LogP contribution in [0.2, 0.25) is 0 Å². The van der Waals surface area contributed by atoms with Crippen LogP contribution in [0.3, 0.4) is 0 Å². The zero-order valence-electron chi connectivity index (χ0n) is 22.6. The number of nitrogens with one attached hydrogen (secondary N) is 1. The highest BCUT2D eigenvalue weighted by molar-refractivity contribution is 6.08. The van der Waals surface area contributed by atoms with E-state index in [9.17, 15) is 22.8 Å². The molecule has 216 valence electrons. The minimum absolute atomic E-state index is 0.0820. The van der Waals surface area contributed by atoms with Gasteiger partial charge in [-0.2, -0.15) is 13.2 Å². The molecule has 1 amide bonds. The van der Waals surface area contributed by atoms with Crippen molar-refractivity contribution in [3.63, 3.8) is 0 Å². The Balaban J connectivity index is 1.63. The van der Waals surface area contributed by atoms with Crippen LogP contribution in [0.5, 0.6) is 17.2 Å². The topological polar surface area (TPSA) is 102 Å². The highest BCUT2D eigenvalue weighted by Gasteiger charge is 2.43. The molecule has 2 heterocycles. The summed E-state index contributed by atoms with van der Waals surface area (Å²) in [7, 11) is 4.37. The number of methoxy groups -OCH3 is 3. The molecule has 0 spiro atoms. The number of nitrogens with zero attached hydrogens (tertiary/aromatic N) is 3. The van der Waals surface area contributed by atoms with Gasteiger partial charge in [0.2, 0.25) is 17.6 Å². The number of guanidine groups is 1. The second-order valence-electron chi connectivity index (χ2n) is 9.10. The fraction of sp³-hybridized carbons (Fsp3) is 0.444. The standard InChI is InChI=1S/C27H31F3N4O6/c1-5-40-25(36)21-22(16-13-19(37-2)23(39-4)20(14-16)38-3)31-26(32-24(21)35)34-11-9-33(10-12-34)18-8-6-7-17(15-18)27(28,29)30/h6-8,13-15,21-22H,5,9-12H2,1-4H3,(H,31,32,35)/t21-,22-/m1/s1. The van der Waals surface area contributed by atoms with E-state index >= 15 is 0 Å². The van der Waals surface area contributed by atoms with Gasteiger partial charge in [-0.15, -0.1) is 0 Å². The van der Waals surface area contributed by atoms with Crippen LogP contribution < -0.4 is 24.4 Å². The van der Waals surface area contributed by atoms with E-state index in [1.54, 1.807) is 25.1 Å². The third-order valence-electron chi connectivity index (χ3n) is 6.78. The number of ether oxygens (including phenoxy) is 4. The molecule has 2 aliphatic heterocycles. The van der Waals surface area contributed by atoms with Gasteiger partial charge < -0.3 is 28.7 Å². The first-order valence-corrected chi connectivity index (χ1v) is 12.6. The lowest BCUT2D eigenvalue weighted by Gasteiger charge is -2.40. The van der Waals surface area contributed by atoms with Crippen LogP contribution in [0.1, 0.15) is 24.1 Å². The molecule has 0 saturated carbocycles. The van der Waals surface area contributed by atoms with Crippen molar-refractivity contribution in [1.82, 2.24) is 10.2 Å². The predicted octanol–water partition coefficient (Wildman–Crippen LogP) is 3.26. The Morgan fingerprint density at radius 1 is 1.00 bits per heavy atom. The Morgan fingerprint density at radius 2 is 1.62 bits per heavy atom. The molecule has 0 bridgehead atoms. The van der Waals surface area contributed by atoms with E-state index in [4.69, 9.17) is 23.9 Å². The molecule has 1 saturated heterocycles. The van der Waals surface area contributed by atoms with Gasteiger partial charge >= 0.3 is 12.1 Å². The van der Waals surface area contributed by atoms with Gasteiger partial charge in [-0.1, -0.05) is 6.07 Å². The van der Waals surface area contributed by atoms with E-state index in [-0.39, 0.29) is 12.6 Å². The second-order valence-corrected chi connectivity index (χ2v) is 9.10. The normalized spacial score (nSPS) is 19.5. The molecular formula is C27H31F3N4O6. The number of anilines is 1. The van der Waals surface area contributed by atoms with Crippen LogP contribution >= 0.6 is 0 Å². The van der Waals surface area contributed by atoms with Crippen LogP contribution in [-0.4, -0.2) is 76.9 Å². The Morgan fingerprint density at radius 3 is 2.17 bits per heavy atom. The lowest BCUT2D eigenvalue weighted by molar-refractivity contribution is -0.153. The number of aliphatic imine (C=N–C) groups is 1. The van der Waals surface area contributed by atoms with Crippen molar-refractivity contribution >= 4 is 23.5 Å². The number of hydrogen-bond donors (Lipinski definition) is 1. The van der Waals surface area contributed by atoms with Crippen molar-refractivity contribution in [2.75, 3.05) is 59.0 Å². The summed E-state index contributed by atoms with van der Waals surface area (Å²) in [6.45, 7) is 3.27. The van der Waals surface area contributed by atoms with Crippen molar-refractivity contribution in [2.24, 2.45) is 10.9 Å². The Labute approximate surface area is 229 Å². The molecule has 1 N–H and O–H groups in total. The van der Waals surface area contributed by atoms with Gasteiger partial charge in [-0.05, 0) is 42.8 Å². The van der Waals surface area contributed by atoms with Crippen LogP contribution in [0.15, 0.2) is 41.4 Å². The van der Waals surface area contributed by atoms with Crippen molar-refractivity contribution in [1.29, 1.82) is 0 Å². The van der Waals surface area contributed by atoms with Gasteiger partial charge in [0.25, 0.3) is 0 Å². The molecule has 0 radical (unpaired) electrons. The van der Waals surface area contributed by atoms with E-state index in [1.807, 2.05) is 9.80 Å². The summed E-state index contributed by atoms with van der Waals surface area (Å²) in [4.78, 5) is 34.6. The first-order valence-electron chi connectivity index (χ1n) is 12.6. The summed E-state index contributed by atoms with van der Waals surface area (Å²) in [5.41, 5.74) is 0.221. The summed E-state index contributed by atoms with van der Waals surface area (Å²) in [5.74, 6) is -1.31. The van der Waals surface area contributed by atoms with Crippen LogP contribution in [-0.2, 0) is 20.5 Å². The molecule has 2 aromatic carbocycles. The first-order chi connectivity index (χ1) is 19.1. The van der Waals surface area contributed by atoms with Gasteiger partial charge in [-0.25, -0.2) is 4.99 Å². The molecule has 1 fully saturated rings. The van der Waals surface area contributed by atoms with Gasteiger partial charge in [0.05, 0.1) is 33.5 Å². The minimum atomic E-state index is -4.43. The second kappa shape index (κ2) is 11.9. The van der Waals surface area contributed by atoms with Crippen molar-refractivity contribution < 1.29 is 41.7 Å². The summed E-state index contributed by atoms with van der Waals surface area (Å²) in [6.07, 6.45) is -4.43. The third-order valence-corrected chi connectivity index (χ3v) is 6.78. The highest BCUT2D eigenvalue weighted by atomic mass is 19.4. The smallest absolute Gasteiger partial charge is 0.416 e. The Kier molecular flexibility index (Phi) is 8.60. The number of hydrogen-bond acceptors (Lipinski definition) is 9. The van der Waals surface area contributed by atoms with Crippen molar-refractivity contribution in [2.45, 2.75) is 19.1 Å². The first kappa shape index (κ1) is 28.8. The summed E-state index contributed by atoms with van der Waals surface area (Å²) < 4.78 is 61.0. The molecule has 2 aromatic rings. The zero-order chi connectivity index (χ0) is 29.0. The Bertz CT molecular complexity index is 1250.